The zero-order valence-corrected chi connectivity index (χ0v) is 9.91. The molecular formula is C13H16ClNO. The molecule has 0 heterocycles. The maximum absolute atomic E-state index is 11.9. The van der Waals surface area contributed by atoms with Crippen LogP contribution < -0.4 is 5.32 Å². The molecule has 2 nitrogen and oxygen atoms in total. The Kier molecular flexibility index (Phi) is 3.83. The minimum absolute atomic E-state index is 0.0156. The quantitative estimate of drug-likeness (QED) is 0.788. The van der Waals surface area contributed by atoms with Crippen molar-refractivity contribution in [2.75, 3.05) is 0 Å². The van der Waals surface area contributed by atoms with Crippen molar-refractivity contribution in [2.45, 2.75) is 37.1 Å². The zero-order chi connectivity index (χ0) is 11.4. The first kappa shape index (κ1) is 11.5. The first-order valence-electron chi connectivity index (χ1n) is 5.77. The van der Waals surface area contributed by atoms with E-state index >= 15 is 0 Å². The van der Waals surface area contributed by atoms with E-state index < -0.39 is 0 Å². The molecular weight excluding hydrogens is 222 g/mol. The molecule has 1 aromatic rings. The lowest BCUT2D eigenvalue weighted by Gasteiger charge is -2.27. The van der Waals surface area contributed by atoms with Gasteiger partial charge >= 0.3 is 0 Å². The van der Waals surface area contributed by atoms with Crippen LogP contribution in [0.2, 0.25) is 0 Å². The number of halogens is 1. The summed E-state index contributed by atoms with van der Waals surface area (Å²) in [6.45, 7) is 0. The van der Waals surface area contributed by atoms with E-state index in [1.807, 2.05) is 30.3 Å². The Labute approximate surface area is 101 Å². The molecule has 0 aromatic heterocycles. The van der Waals surface area contributed by atoms with Crippen LogP contribution in [0.1, 0.15) is 36.0 Å². The second kappa shape index (κ2) is 5.35. The summed E-state index contributed by atoms with van der Waals surface area (Å²) in [4.78, 5) is 11.9. The molecule has 0 spiro atoms. The highest BCUT2D eigenvalue weighted by Crippen LogP contribution is 2.23. The number of hydrogen-bond donors (Lipinski definition) is 1. The Hall–Kier alpha value is -1.02. The Bertz CT molecular complexity index is 352. The summed E-state index contributed by atoms with van der Waals surface area (Å²) in [6, 6.07) is 9.41. The summed E-state index contributed by atoms with van der Waals surface area (Å²) in [5.74, 6) is -0.0156. The molecule has 16 heavy (non-hydrogen) atoms. The first-order chi connectivity index (χ1) is 7.77. The second-order valence-corrected chi connectivity index (χ2v) is 4.81. The lowest BCUT2D eigenvalue weighted by atomic mass is 9.94. The molecule has 2 atom stereocenters. The van der Waals surface area contributed by atoms with Gasteiger partial charge < -0.3 is 5.32 Å². The SMILES string of the molecule is O=C(NC1CCCCC1Cl)c1ccccc1. The number of nitrogens with one attached hydrogen (secondary N) is 1. The van der Waals surface area contributed by atoms with Crippen LogP contribution in [0.3, 0.4) is 0 Å². The highest BCUT2D eigenvalue weighted by molar-refractivity contribution is 6.21. The molecule has 1 aromatic carbocycles. The fourth-order valence-corrected chi connectivity index (χ4v) is 2.43. The Morgan fingerprint density at radius 1 is 1.19 bits per heavy atom. The molecule has 1 saturated carbocycles. The molecule has 0 aliphatic heterocycles. The van der Waals surface area contributed by atoms with Crippen LogP contribution in [0.5, 0.6) is 0 Å². The molecule has 1 N–H and O–H groups in total. The van der Waals surface area contributed by atoms with Crippen LogP contribution in [0.25, 0.3) is 0 Å². The van der Waals surface area contributed by atoms with Crippen LogP contribution in [0, 0.1) is 0 Å². The molecule has 1 fully saturated rings. The van der Waals surface area contributed by atoms with Crippen LogP contribution in [-0.4, -0.2) is 17.3 Å². The van der Waals surface area contributed by atoms with Gasteiger partial charge in [-0.25, -0.2) is 0 Å². The average molecular weight is 238 g/mol. The summed E-state index contributed by atoms with van der Waals surface area (Å²) in [5, 5.41) is 3.10. The van der Waals surface area contributed by atoms with Crippen LogP contribution in [0.15, 0.2) is 30.3 Å². The molecule has 1 amide bonds. The van der Waals surface area contributed by atoms with Gasteiger partial charge in [-0.15, -0.1) is 11.6 Å². The zero-order valence-electron chi connectivity index (χ0n) is 9.16. The monoisotopic (exact) mass is 237 g/mol. The van der Waals surface area contributed by atoms with Gasteiger partial charge in [-0.2, -0.15) is 0 Å². The van der Waals surface area contributed by atoms with Gasteiger partial charge in [0.1, 0.15) is 0 Å². The minimum Gasteiger partial charge on any atom is -0.348 e. The van der Waals surface area contributed by atoms with Crippen molar-refractivity contribution in [3.63, 3.8) is 0 Å². The van der Waals surface area contributed by atoms with Gasteiger partial charge in [0.2, 0.25) is 0 Å². The number of amides is 1. The van der Waals surface area contributed by atoms with Gasteiger partial charge in [0, 0.05) is 11.6 Å². The van der Waals surface area contributed by atoms with Crippen molar-refractivity contribution in [3.05, 3.63) is 35.9 Å². The van der Waals surface area contributed by atoms with Gasteiger partial charge in [-0.05, 0) is 25.0 Å². The maximum atomic E-state index is 11.9. The second-order valence-electron chi connectivity index (χ2n) is 4.25. The van der Waals surface area contributed by atoms with E-state index in [0.717, 1.165) is 19.3 Å². The molecule has 3 heteroatoms. The van der Waals surface area contributed by atoms with E-state index in [2.05, 4.69) is 5.32 Å². The highest BCUT2D eigenvalue weighted by Gasteiger charge is 2.24. The van der Waals surface area contributed by atoms with Crippen molar-refractivity contribution in [3.8, 4) is 0 Å². The Balaban J connectivity index is 1.96. The van der Waals surface area contributed by atoms with Gasteiger partial charge in [0.15, 0.2) is 0 Å². The number of rotatable bonds is 2. The number of carbonyl (C=O) groups excluding carboxylic acids is 1. The van der Waals surface area contributed by atoms with Crippen molar-refractivity contribution in [2.24, 2.45) is 0 Å². The van der Waals surface area contributed by atoms with E-state index in [4.69, 9.17) is 11.6 Å². The van der Waals surface area contributed by atoms with Crippen LogP contribution in [0.4, 0.5) is 0 Å². The third-order valence-corrected chi connectivity index (χ3v) is 3.56. The van der Waals surface area contributed by atoms with Crippen molar-refractivity contribution in [1.82, 2.24) is 5.32 Å². The molecule has 2 unspecified atom stereocenters. The average Bonchev–Trinajstić information content (AvgIpc) is 2.33. The lowest BCUT2D eigenvalue weighted by Crippen LogP contribution is -2.42. The third kappa shape index (κ3) is 2.76. The standard InChI is InChI=1S/C13H16ClNO/c14-11-8-4-5-9-12(11)15-13(16)10-6-2-1-3-7-10/h1-3,6-7,11-12H,4-5,8-9H2,(H,15,16). The fraction of sp³-hybridized carbons (Fsp3) is 0.462. The maximum Gasteiger partial charge on any atom is 0.251 e. The summed E-state index contributed by atoms with van der Waals surface area (Å²) in [7, 11) is 0. The van der Waals surface area contributed by atoms with E-state index in [9.17, 15) is 4.79 Å². The van der Waals surface area contributed by atoms with E-state index in [-0.39, 0.29) is 17.3 Å². The van der Waals surface area contributed by atoms with Crippen molar-refractivity contribution >= 4 is 17.5 Å². The normalized spacial score (nSPS) is 25.1. The summed E-state index contributed by atoms with van der Waals surface area (Å²) in [6.07, 6.45) is 4.32. The fourth-order valence-electron chi connectivity index (χ4n) is 2.09. The summed E-state index contributed by atoms with van der Waals surface area (Å²) < 4.78 is 0. The van der Waals surface area contributed by atoms with Gasteiger partial charge in [0.05, 0.1) is 5.38 Å². The van der Waals surface area contributed by atoms with Crippen molar-refractivity contribution in [1.29, 1.82) is 0 Å². The molecule has 1 aliphatic rings. The van der Waals surface area contributed by atoms with E-state index in [0.29, 0.717) is 5.56 Å². The highest BCUT2D eigenvalue weighted by atomic mass is 35.5. The van der Waals surface area contributed by atoms with Gasteiger partial charge in [-0.3, -0.25) is 4.79 Å². The molecule has 0 bridgehead atoms. The Morgan fingerprint density at radius 3 is 2.56 bits per heavy atom. The topological polar surface area (TPSA) is 29.1 Å². The summed E-state index contributed by atoms with van der Waals surface area (Å²) >= 11 is 6.20. The number of hydrogen-bond acceptors (Lipinski definition) is 1. The number of benzene rings is 1. The van der Waals surface area contributed by atoms with Gasteiger partial charge in [-0.1, -0.05) is 31.0 Å². The van der Waals surface area contributed by atoms with Crippen molar-refractivity contribution < 1.29 is 4.79 Å². The smallest absolute Gasteiger partial charge is 0.251 e. The molecule has 0 saturated heterocycles. The molecule has 0 radical (unpaired) electrons. The Morgan fingerprint density at radius 2 is 1.88 bits per heavy atom. The van der Waals surface area contributed by atoms with Gasteiger partial charge in [0.25, 0.3) is 5.91 Å². The largest absolute Gasteiger partial charge is 0.348 e. The van der Waals surface area contributed by atoms with E-state index in [1.54, 1.807) is 0 Å². The predicted molar refractivity (Wildman–Crippen MR) is 65.8 cm³/mol. The van der Waals surface area contributed by atoms with E-state index in [1.165, 1.54) is 6.42 Å². The first-order valence-corrected chi connectivity index (χ1v) is 6.21. The molecule has 2 rings (SSSR count). The van der Waals surface area contributed by atoms with Crippen LogP contribution >= 0.6 is 11.6 Å². The molecule has 86 valence electrons. The third-order valence-electron chi connectivity index (χ3n) is 3.03. The van der Waals surface area contributed by atoms with Crippen LogP contribution in [-0.2, 0) is 0 Å². The lowest BCUT2D eigenvalue weighted by molar-refractivity contribution is 0.0928. The molecule has 1 aliphatic carbocycles. The number of alkyl halides is 1. The predicted octanol–water partition coefficient (Wildman–Crippen LogP) is 2.97. The summed E-state index contributed by atoms with van der Waals surface area (Å²) in [5.41, 5.74) is 0.706. The number of carbonyl (C=O) groups is 1. The minimum atomic E-state index is -0.0156.